The van der Waals surface area contributed by atoms with E-state index in [1.54, 1.807) is 20.8 Å². The van der Waals surface area contributed by atoms with Gasteiger partial charge in [0.1, 0.15) is 6.10 Å². The molecule has 2 bridgehead atoms. The van der Waals surface area contributed by atoms with Crippen molar-refractivity contribution < 1.29 is 62.7 Å². The van der Waals surface area contributed by atoms with Crippen LogP contribution in [0.5, 0.6) is 0 Å². The fraction of sp³-hybridized carbons (Fsp3) is 0.677. The maximum Gasteiger partial charge on any atom is 0.348 e. The molecule has 1 spiro atoms. The molecule has 0 aromatic rings. The molecule has 0 aromatic heterocycles. The number of esters is 3. The third kappa shape index (κ3) is 5.02. The van der Waals surface area contributed by atoms with Crippen molar-refractivity contribution in [3.05, 3.63) is 23.0 Å². The van der Waals surface area contributed by atoms with Crippen molar-refractivity contribution in [3.8, 4) is 0 Å². The Hall–Kier alpha value is -3.78. The molecule has 14 nitrogen and oxygen atoms in total. The molecule has 0 radical (unpaired) electrons. The molecule has 3 aliphatic carbocycles. The SMILES string of the molecule is COC(=O)[C@@]12C[C@H](O)C3[C@@]4(C)CC(=O)C(OCC(=O)NCCC(=O)O)=C(C)C4C[C@H]4OC(=O)[C@H](OC(=O)C=C(C)C)[C@@H]1[C@@]34CO2. The van der Waals surface area contributed by atoms with E-state index in [0.717, 1.165) is 0 Å². The number of carboxylic acids is 1. The van der Waals surface area contributed by atoms with Crippen molar-refractivity contribution in [1.29, 1.82) is 0 Å². The average Bonchev–Trinajstić information content (AvgIpc) is 3.19. The van der Waals surface area contributed by atoms with Crippen LogP contribution in [0.3, 0.4) is 0 Å². The van der Waals surface area contributed by atoms with Crippen molar-refractivity contribution >= 4 is 35.6 Å². The highest BCUT2D eigenvalue weighted by Crippen LogP contribution is 2.72. The quantitative estimate of drug-likeness (QED) is 0.181. The predicted molar refractivity (Wildman–Crippen MR) is 150 cm³/mol. The molecular weight excluding hydrogens is 594 g/mol. The van der Waals surface area contributed by atoms with Gasteiger partial charge in [-0.1, -0.05) is 12.5 Å². The third-order valence-corrected chi connectivity index (χ3v) is 10.4. The zero-order chi connectivity index (χ0) is 33.1. The summed E-state index contributed by atoms with van der Waals surface area (Å²) >= 11 is 0. The molecule has 4 fully saturated rings. The van der Waals surface area contributed by atoms with Gasteiger partial charge >= 0.3 is 23.9 Å². The van der Waals surface area contributed by atoms with Crippen LogP contribution in [0.1, 0.15) is 53.4 Å². The highest BCUT2D eigenvalue weighted by Gasteiger charge is 2.82. The molecule has 1 amide bonds. The number of fused-ring (bicyclic) bond motifs is 2. The van der Waals surface area contributed by atoms with E-state index >= 15 is 0 Å². The number of aliphatic hydroxyl groups is 1. The van der Waals surface area contributed by atoms with Gasteiger partial charge in [-0.05, 0) is 44.1 Å². The monoisotopic (exact) mass is 633 g/mol. The van der Waals surface area contributed by atoms with Crippen LogP contribution in [0, 0.1) is 28.6 Å². The first-order valence-electron chi connectivity index (χ1n) is 14.9. The largest absolute Gasteiger partial charge is 0.481 e. The van der Waals surface area contributed by atoms with Crippen LogP contribution >= 0.6 is 0 Å². The summed E-state index contributed by atoms with van der Waals surface area (Å²) in [5, 5.41) is 23.0. The number of amides is 1. The Balaban J connectivity index is 1.53. The summed E-state index contributed by atoms with van der Waals surface area (Å²) in [6.45, 7) is 6.23. The number of ether oxygens (including phenoxy) is 5. The lowest BCUT2D eigenvalue weighted by Gasteiger charge is -2.66. The van der Waals surface area contributed by atoms with E-state index in [1.165, 1.54) is 13.2 Å². The molecule has 14 heteroatoms. The van der Waals surface area contributed by atoms with Gasteiger partial charge in [0.15, 0.2) is 23.8 Å². The molecule has 9 atom stereocenters. The van der Waals surface area contributed by atoms with E-state index in [0.29, 0.717) is 11.1 Å². The number of Topliss-reactive ketones (excluding diaryl/α,β-unsaturated/α-hetero) is 1. The summed E-state index contributed by atoms with van der Waals surface area (Å²) in [5.41, 5.74) is -2.79. The van der Waals surface area contributed by atoms with Crippen molar-refractivity contribution in [2.75, 3.05) is 26.9 Å². The van der Waals surface area contributed by atoms with E-state index in [4.69, 9.17) is 28.8 Å². The van der Waals surface area contributed by atoms with Crippen LogP contribution in [0.25, 0.3) is 0 Å². The van der Waals surface area contributed by atoms with Crippen LogP contribution in [-0.4, -0.2) is 96.6 Å². The van der Waals surface area contributed by atoms with Crippen LogP contribution in [0.15, 0.2) is 23.0 Å². The fourth-order valence-corrected chi connectivity index (χ4v) is 8.97. The average molecular weight is 634 g/mol. The Morgan fingerprint density at radius 2 is 1.87 bits per heavy atom. The van der Waals surface area contributed by atoms with E-state index in [1.807, 2.05) is 6.92 Å². The number of carbonyl (C=O) groups excluding carboxylic acids is 5. The minimum Gasteiger partial charge on any atom is -0.481 e. The molecule has 3 N–H and O–H groups in total. The predicted octanol–water partition coefficient (Wildman–Crippen LogP) is 0.596. The Bertz CT molecular complexity index is 1400. The van der Waals surface area contributed by atoms with Gasteiger partial charge in [0.05, 0.1) is 32.2 Å². The summed E-state index contributed by atoms with van der Waals surface area (Å²) in [5.74, 6) is -6.77. The number of aliphatic hydroxyl groups excluding tert-OH is 1. The second kappa shape index (κ2) is 11.5. The molecule has 2 saturated heterocycles. The second-order valence-corrected chi connectivity index (χ2v) is 13.2. The molecular formula is C31H39NO13. The first-order chi connectivity index (χ1) is 21.1. The molecule has 0 aromatic carbocycles. The number of rotatable bonds is 9. The summed E-state index contributed by atoms with van der Waals surface area (Å²) in [6.07, 6.45) is -2.81. The number of nitrogens with one attached hydrogen (secondary N) is 1. The lowest BCUT2D eigenvalue weighted by atomic mass is 9.38. The molecule has 5 rings (SSSR count). The number of aliphatic carboxylic acids is 1. The zero-order valence-corrected chi connectivity index (χ0v) is 25.9. The first kappa shape index (κ1) is 32.6. The van der Waals surface area contributed by atoms with E-state index in [2.05, 4.69) is 5.32 Å². The maximum absolute atomic E-state index is 13.7. The zero-order valence-electron chi connectivity index (χ0n) is 25.9. The lowest BCUT2D eigenvalue weighted by molar-refractivity contribution is -0.269. The number of ketones is 1. The number of carboxylic acid groups (broad SMARTS) is 1. The fourth-order valence-electron chi connectivity index (χ4n) is 8.97. The summed E-state index contributed by atoms with van der Waals surface area (Å²) in [4.78, 5) is 76.5. The van der Waals surface area contributed by atoms with Crippen LogP contribution < -0.4 is 5.32 Å². The smallest absolute Gasteiger partial charge is 0.348 e. The lowest BCUT2D eigenvalue weighted by Crippen LogP contribution is -2.75. The van der Waals surface area contributed by atoms with Crippen molar-refractivity contribution in [1.82, 2.24) is 5.32 Å². The first-order valence-corrected chi connectivity index (χ1v) is 14.9. The Labute approximate surface area is 259 Å². The Morgan fingerprint density at radius 3 is 2.51 bits per heavy atom. The van der Waals surface area contributed by atoms with Gasteiger partial charge in [-0.25, -0.2) is 14.4 Å². The number of hydrogen-bond donors (Lipinski definition) is 3. The topological polar surface area (TPSA) is 201 Å². The molecule has 5 aliphatic rings. The summed E-state index contributed by atoms with van der Waals surface area (Å²) in [6, 6.07) is 0. The number of allylic oxidation sites excluding steroid dienone is 3. The van der Waals surface area contributed by atoms with Crippen molar-refractivity contribution in [2.24, 2.45) is 28.6 Å². The number of hydrogen-bond acceptors (Lipinski definition) is 12. The van der Waals surface area contributed by atoms with E-state index < -0.39 is 94.7 Å². The Kier molecular flexibility index (Phi) is 8.36. The van der Waals surface area contributed by atoms with Gasteiger partial charge in [-0.15, -0.1) is 0 Å². The summed E-state index contributed by atoms with van der Waals surface area (Å²) in [7, 11) is 1.17. The normalized spacial score (nSPS) is 37.8. The number of carbonyl (C=O) groups is 6. The second-order valence-electron chi connectivity index (χ2n) is 13.2. The third-order valence-electron chi connectivity index (χ3n) is 10.4. The van der Waals surface area contributed by atoms with Crippen LogP contribution in [-0.2, 0) is 52.5 Å². The molecule has 45 heavy (non-hydrogen) atoms. The minimum atomic E-state index is -1.80. The van der Waals surface area contributed by atoms with Crippen molar-refractivity contribution in [2.45, 2.75) is 77.3 Å². The maximum atomic E-state index is 13.7. The van der Waals surface area contributed by atoms with E-state index in [-0.39, 0.29) is 44.6 Å². The van der Waals surface area contributed by atoms with E-state index in [9.17, 15) is 33.9 Å². The highest BCUT2D eigenvalue weighted by atomic mass is 16.6. The summed E-state index contributed by atoms with van der Waals surface area (Å²) < 4.78 is 28.7. The standard InChI is InChI=1S/C31H39NO13/c1-14(2)8-22(38)45-24-26-30-13-43-31(26,28(40)41-5)11-18(34)25(30)29(4)10-17(33)23(42-12-20(35)32-7-6-21(36)37)15(3)16(29)9-19(30)44-27(24)39/h8,16,18-19,24-26,34H,6-7,9-13H2,1-5H3,(H,32,35)(H,36,37)/t16?,18-,19+,24+,25?,26+,29-,30+,31+/m0/s1. The van der Waals surface area contributed by atoms with Crippen molar-refractivity contribution in [3.63, 3.8) is 0 Å². The van der Waals surface area contributed by atoms with Gasteiger partial charge in [0.2, 0.25) is 6.10 Å². The minimum absolute atomic E-state index is 0.00842. The van der Waals surface area contributed by atoms with Gasteiger partial charge in [-0.3, -0.25) is 14.4 Å². The van der Waals surface area contributed by atoms with Gasteiger partial charge in [-0.2, -0.15) is 0 Å². The molecule has 2 unspecified atom stereocenters. The molecule has 2 heterocycles. The molecule has 2 saturated carbocycles. The highest BCUT2D eigenvalue weighted by molar-refractivity contribution is 5.96. The van der Waals surface area contributed by atoms with Gasteiger partial charge < -0.3 is 39.2 Å². The molecule has 2 aliphatic heterocycles. The Morgan fingerprint density at radius 1 is 1.16 bits per heavy atom. The van der Waals surface area contributed by atoms with Crippen LogP contribution in [0.4, 0.5) is 0 Å². The van der Waals surface area contributed by atoms with Crippen LogP contribution in [0.2, 0.25) is 0 Å². The van der Waals surface area contributed by atoms with Gasteiger partial charge in [0.25, 0.3) is 5.91 Å². The van der Waals surface area contributed by atoms with Gasteiger partial charge in [0, 0.05) is 36.8 Å². The number of methoxy groups -OCH3 is 1. The molecule has 246 valence electrons.